The predicted octanol–water partition coefficient (Wildman–Crippen LogP) is 2.07. The van der Waals surface area contributed by atoms with E-state index in [1.165, 1.54) is 11.3 Å². The molecule has 0 saturated heterocycles. The third-order valence-electron chi connectivity index (χ3n) is 2.84. The Bertz CT molecular complexity index is 625. The first-order valence-electron chi connectivity index (χ1n) is 5.52. The van der Waals surface area contributed by atoms with Crippen LogP contribution in [0.2, 0.25) is 0 Å². The minimum absolute atomic E-state index is 0.0169. The summed E-state index contributed by atoms with van der Waals surface area (Å²) in [6.45, 7) is 4.51. The van der Waals surface area contributed by atoms with Crippen molar-refractivity contribution < 1.29 is 0 Å². The first-order valence-corrected chi connectivity index (χ1v) is 6.81. The van der Waals surface area contributed by atoms with Crippen LogP contribution in [0.3, 0.4) is 0 Å². The monoisotopic (exact) mass is 269 g/mol. The minimum Gasteiger partial charge on any atom is -0.331 e. The van der Waals surface area contributed by atoms with Crippen LogP contribution in [0.25, 0.3) is 10.2 Å². The van der Waals surface area contributed by atoms with Crippen molar-refractivity contribution in [2.75, 3.05) is 20.1 Å². The molecule has 0 unspecified atom stereocenters. The fourth-order valence-corrected chi connectivity index (χ4v) is 2.68. The topological polar surface area (TPSA) is 41.0 Å². The molecule has 0 aliphatic rings. The number of thiophene rings is 1. The SMILES string of the molecule is CCN(C)CCn1c(=S)[nH]c2ccsc2c1=O. The van der Waals surface area contributed by atoms with Crippen LogP contribution in [-0.4, -0.2) is 34.6 Å². The molecule has 92 valence electrons. The molecule has 0 fully saturated rings. The molecule has 6 heteroatoms. The Hall–Kier alpha value is -0.980. The fourth-order valence-electron chi connectivity index (χ4n) is 1.60. The van der Waals surface area contributed by atoms with Gasteiger partial charge in [-0.05, 0) is 37.3 Å². The molecule has 2 heterocycles. The van der Waals surface area contributed by atoms with Crippen LogP contribution in [0.15, 0.2) is 16.2 Å². The van der Waals surface area contributed by atoms with Gasteiger partial charge in [-0.2, -0.15) is 0 Å². The standard InChI is InChI=1S/C11H15N3OS2/c1-3-13(2)5-6-14-10(15)9-8(4-7-17-9)12-11(14)16/h4,7H,3,5-6H2,1-2H3,(H,12,16). The summed E-state index contributed by atoms with van der Waals surface area (Å²) in [6, 6.07) is 1.89. The first-order chi connectivity index (χ1) is 8.13. The van der Waals surface area contributed by atoms with Crippen LogP contribution in [-0.2, 0) is 6.54 Å². The second-order valence-corrected chi connectivity index (χ2v) is 5.25. The average molecular weight is 269 g/mol. The van der Waals surface area contributed by atoms with Gasteiger partial charge >= 0.3 is 0 Å². The van der Waals surface area contributed by atoms with E-state index in [1.54, 1.807) is 4.57 Å². The van der Waals surface area contributed by atoms with Gasteiger partial charge in [-0.1, -0.05) is 6.92 Å². The van der Waals surface area contributed by atoms with Gasteiger partial charge in [0.05, 0.1) is 5.52 Å². The van der Waals surface area contributed by atoms with E-state index in [1.807, 2.05) is 18.5 Å². The first kappa shape index (κ1) is 12.5. The van der Waals surface area contributed by atoms with Crippen LogP contribution >= 0.6 is 23.6 Å². The summed E-state index contributed by atoms with van der Waals surface area (Å²) in [7, 11) is 2.03. The van der Waals surface area contributed by atoms with Gasteiger partial charge in [0.2, 0.25) is 0 Å². The lowest BCUT2D eigenvalue weighted by molar-refractivity contribution is 0.332. The Labute approximate surface area is 109 Å². The van der Waals surface area contributed by atoms with Gasteiger partial charge in [0.25, 0.3) is 5.56 Å². The van der Waals surface area contributed by atoms with Crippen molar-refractivity contribution in [2.24, 2.45) is 0 Å². The van der Waals surface area contributed by atoms with E-state index in [2.05, 4.69) is 16.8 Å². The zero-order chi connectivity index (χ0) is 12.4. The predicted molar refractivity (Wildman–Crippen MR) is 74.4 cm³/mol. The third kappa shape index (κ3) is 2.48. The van der Waals surface area contributed by atoms with Crippen molar-refractivity contribution in [3.8, 4) is 0 Å². The number of rotatable bonds is 4. The molecule has 0 aliphatic carbocycles. The van der Waals surface area contributed by atoms with Crippen LogP contribution in [0.1, 0.15) is 6.92 Å². The summed E-state index contributed by atoms with van der Waals surface area (Å²) >= 11 is 6.67. The van der Waals surface area contributed by atoms with Crippen molar-refractivity contribution in [1.82, 2.24) is 14.5 Å². The number of nitrogens with one attached hydrogen (secondary N) is 1. The molecule has 17 heavy (non-hydrogen) atoms. The van der Waals surface area contributed by atoms with Gasteiger partial charge in [-0.15, -0.1) is 11.3 Å². The Morgan fingerprint density at radius 1 is 1.59 bits per heavy atom. The highest BCUT2D eigenvalue weighted by molar-refractivity contribution is 7.71. The van der Waals surface area contributed by atoms with E-state index < -0.39 is 0 Å². The lowest BCUT2D eigenvalue weighted by Gasteiger charge is -2.14. The van der Waals surface area contributed by atoms with Crippen LogP contribution in [0.5, 0.6) is 0 Å². The van der Waals surface area contributed by atoms with E-state index in [0.717, 1.165) is 23.3 Å². The Balaban J connectivity index is 2.40. The molecule has 4 nitrogen and oxygen atoms in total. The van der Waals surface area contributed by atoms with Crippen molar-refractivity contribution in [3.05, 3.63) is 26.6 Å². The summed E-state index contributed by atoms with van der Waals surface area (Å²) in [5.41, 5.74) is 0.855. The van der Waals surface area contributed by atoms with E-state index >= 15 is 0 Å². The minimum atomic E-state index is 0.0169. The summed E-state index contributed by atoms with van der Waals surface area (Å²) < 4.78 is 2.89. The number of fused-ring (bicyclic) bond motifs is 1. The number of hydrogen-bond donors (Lipinski definition) is 1. The van der Waals surface area contributed by atoms with E-state index in [-0.39, 0.29) is 5.56 Å². The second-order valence-electron chi connectivity index (χ2n) is 3.95. The summed E-state index contributed by atoms with van der Waals surface area (Å²) in [5, 5.41) is 1.90. The van der Waals surface area contributed by atoms with E-state index in [9.17, 15) is 4.79 Å². The zero-order valence-electron chi connectivity index (χ0n) is 9.90. The maximum Gasteiger partial charge on any atom is 0.272 e. The third-order valence-corrected chi connectivity index (χ3v) is 4.06. The van der Waals surface area contributed by atoms with Gasteiger partial charge in [0.15, 0.2) is 4.77 Å². The fraction of sp³-hybridized carbons (Fsp3) is 0.455. The molecule has 0 aromatic carbocycles. The Kier molecular flexibility index (Phi) is 3.76. The number of hydrogen-bond acceptors (Lipinski definition) is 4. The van der Waals surface area contributed by atoms with Crippen molar-refractivity contribution in [1.29, 1.82) is 0 Å². The molecule has 0 spiro atoms. The average Bonchev–Trinajstić information content (AvgIpc) is 2.76. The zero-order valence-corrected chi connectivity index (χ0v) is 11.5. The largest absolute Gasteiger partial charge is 0.331 e. The number of nitrogens with zero attached hydrogens (tertiary/aromatic N) is 2. The van der Waals surface area contributed by atoms with Gasteiger partial charge < -0.3 is 9.88 Å². The highest BCUT2D eigenvalue weighted by Crippen LogP contribution is 2.13. The molecule has 0 saturated carbocycles. The molecular formula is C11H15N3OS2. The molecular weight excluding hydrogens is 254 g/mol. The molecule has 0 amide bonds. The van der Waals surface area contributed by atoms with Gasteiger partial charge in [0, 0.05) is 13.1 Å². The second kappa shape index (κ2) is 5.12. The van der Waals surface area contributed by atoms with Crippen LogP contribution in [0.4, 0.5) is 0 Å². The summed E-state index contributed by atoms with van der Waals surface area (Å²) in [4.78, 5) is 17.4. The van der Waals surface area contributed by atoms with Crippen molar-refractivity contribution in [2.45, 2.75) is 13.5 Å². The van der Waals surface area contributed by atoms with Crippen molar-refractivity contribution >= 4 is 33.8 Å². The lowest BCUT2D eigenvalue weighted by atomic mass is 10.4. The Morgan fingerprint density at radius 3 is 3.06 bits per heavy atom. The maximum absolute atomic E-state index is 12.2. The smallest absolute Gasteiger partial charge is 0.272 e. The molecule has 2 aromatic rings. The number of H-pyrrole nitrogens is 1. The summed E-state index contributed by atoms with van der Waals surface area (Å²) in [5.74, 6) is 0. The number of likely N-dealkylation sites (N-methyl/N-ethyl adjacent to an activating group) is 1. The molecule has 2 aromatic heterocycles. The number of aromatic amines is 1. The van der Waals surface area contributed by atoms with E-state index in [4.69, 9.17) is 12.2 Å². The number of aromatic nitrogens is 2. The maximum atomic E-state index is 12.2. The Morgan fingerprint density at radius 2 is 2.35 bits per heavy atom. The molecule has 0 aliphatic heterocycles. The molecule has 1 N–H and O–H groups in total. The molecule has 0 bridgehead atoms. The lowest BCUT2D eigenvalue weighted by Crippen LogP contribution is -2.29. The molecule has 0 atom stereocenters. The highest BCUT2D eigenvalue weighted by Gasteiger charge is 2.06. The highest BCUT2D eigenvalue weighted by atomic mass is 32.1. The summed E-state index contributed by atoms with van der Waals surface area (Å²) in [6.07, 6.45) is 0. The quantitative estimate of drug-likeness (QED) is 0.864. The van der Waals surface area contributed by atoms with Crippen LogP contribution in [0, 0.1) is 4.77 Å². The molecule has 2 rings (SSSR count). The van der Waals surface area contributed by atoms with E-state index in [0.29, 0.717) is 11.3 Å². The van der Waals surface area contributed by atoms with Gasteiger partial charge in [0.1, 0.15) is 4.70 Å². The van der Waals surface area contributed by atoms with Gasteiger partial charge in [-0.25, -0.2) is 0 Å². The van der Waals surface area contributed by atoms with Crippen LogP contribution < -0.4 is 5.56 Å². The van der Waals surface area contributed by atoms with Crippen molar-refractivity contribution in [3.63, 3.8) is 0 Å². The van der Waals surface area contributed by atoms with Gasteiger partial charge in [-0.3, -0.25) is 9.36 Å². The normalized spacial score (nSPS) is 11.5. The molecule has 0 radical (unpaired) electrons.